The number of hydrogen-bond donors (Lipinski definition) is 1. The Bertz CT molecular complexity index is 575. The molecular weight excluding hydrogens is 260 g/mol. The molecule has 2 aromatic rings. The van der Waals surface area contributed by atoms with Crippen molar-refractivity contribution in [1.29, 1.82) is 0 Å². The van der Waals surface area contributed by atoms with Crippen molar-refractivity contribution in [1.82, 2.24) is 19.9 Å². The fourth-order valence-electron chi connectivity index (χ4n) is 3.60. The summed E-state index contributed by atoms with van der Waals surface area (Å²) in [7, 11) is 0. The van der Waals surface area contributed by atoms with Crippen molar-refractivity contribution in [3.8, 4) is 0 Å². The van der Waals surface area contributed by atoms with Crippen molar-refractivity contribution < 1.29 is 0 Å². The van der Waals surface area contributed by atoms with Gasteiger partial charge in [0.25, 0.3) is 0 Å². The van der Waals surface area contributed by atoms with E-state index in [2.05, 4.69) is 33.8 Å². The predicted molar refractivity (Wildman–Crippen MR) is 85.0 cm³/mol. The fraction of sp³-hybridized carbons (Fsp3) is 0.647. The first-order valence-electron chi connectivity index (χ1n) is 8.24. The maximum atomic E-state index is 4.30. The summed E-state index contributed by atoms with van der Waals surface area (Å²) >= 11 is 0. The van der Waals surface area contributed by atoms with E-state index in [1.165, 1.54) is 32.1 Å². The van der Waals surface area contributed by atoms with Crippen molar-refractivity contribution in [3.63, 3.8) is 0 Å². The summed E-state index contributed by atoms with van der Waals surface area (Å²) < 4.78 is 2.07. The lowest BCUT2D eigenvalue weighted by atomic mass is 9.81. The lowest BCUT2D eigenvalue weighted by molar-refractivity contribution is 0.251. The minimum Gasteiger partial charge on any atom is -0.307 e. The van der Waals surface area contributed by atoms with Crippen LogP contribution in [0.3, 0.4) is 0 Å². The average molecular weight is 286 g/mol. The summed E-state index contributed by atoms with van der Waals surface area (Å²) in [5, 5.41) is 12.2. The second-order valence-corrected chi connectivity index (χ2v) is 6.79. The van der Waals surface area contributed by atoms with Gasteiger partial charge in [-0.25, -0.2) is 0 Å². The molecule has 0 bridgehead atoms. The molecule has 0 saturated heterocycles. The molecular formula is C17H26N4. The van der Waals surface area contributed by atoms with E-state index in [1.807, 2.05) is 24.4 Å². The van der Waals surface area contributed by atoms with Gasteiger partial charge in [0.05, 0.1) is 6.54 Å². The monoisotopic (exact) mass is 286 g/mol. The Morgan fingerprint density at radius 2 is 2.19 bits per heavy atom. The van der Waals surface area contributed by atoms with Crippen LogP contribution in [0.25, 0.3) is 5.65 Å². The molecule has 4 heteroatoms. The Kier molecular flexibility index (Phi) is 4.54. The topological polar surface area (TPSA) is 42.2 Å². The van der Waals surface area contributed by atoms with Crippen LogP contribution in [0.15, 0.2) is 24.4 Å². The molecule has 4 nitrogen and oxygen atoms in total. The number of nitrogens with one attached hydrogen (secondary N) is 1. The van der Waals surface area contributed by atoms with E-state index in [-0.39, 0.29) is 0 Å². The zero-order valence-corrected chi connectivity index (χ0v) is 13.1. The maximum absolute atomic E-state index is 4.30. The summed E-state index contributed by atoms with van der Waals surface area (Å²) in [5.41, 5.74) is 0.927. The van der Waals surface area contributed by atoms with Crippen LogP contribution in [0.2, 0.25) is 0 Å². The van der Waals surface area contributed by atoms with E-state index in [4.69, 9.17) is 0 Å². The Balaban J connectivity index is 1.57. The maximum Gasteiger partial charge on any atom is 0.160 e. The number of pyridine rings is 1. The van der Waals surface area contributed by atoms with Gasteiger partial charge in [-0.05, 0) is 43.2 Å². The van der Waals surface area contributed by atoms with Crippen molar-refractivity contribution >= 4 is 5.65 Å². The number of hydrogen-bond acceptors (Lipinski definition) is 3. The van der Waals surface area contributed by atoms with Crippen molar-refractivity contribution in [2.75, 3.05) is 0 Å². The average Bonchev–Trinajstić information content (AvgIpc) is 2.88. The second-order valence-electron chi connectivity index (χ2n) is 6.79. The standard InChI is InChI=1S/C17H26N4/c1-13(2)10-14-6-5-7-15(11-14)18-12-17-20-19-16-8-3-4-9-21(16)17/h3-4,8-9,13-15,18H,5-7,10-12H2,1-2H3. The normalized spacial score (nSPS) is 23.0. The van der Waals surface area contributed by atoms with Gasteiger partial charge >= 0.3 is 0 Å². The molecule has 1 saturated carbocycles. The minimum atomic E-state index is 0.638. The fourth-order valence-corrected chi connectivity index (χ4v) is 3.60. The summed E-state index contributed by atoms with van der Waals surface area (Å²) in [6.07, 6.45) is 8.78. The van der Waals surface area contributed by atoms with Gasteiger partial charge in [-0.1, -0.05) is 32.8 Å². The van der Waals surface area contributed by atoms with E-state index in [1.54, 1.807) is 0 Å². The molecule has 1 fully saturated rings. The Morgan fingerprint density at radius 3 is 3.05 bits per heavy atom. The molecule has 0 spiro atoms. The van der Waals surface area contributed by atoms with Gasteiger partial charge in [-0.15, -0.1) is 10.2 Å². The molecule has 0 aliphatic heterocycles. The molecule has 0 aromatic carbocycles. The third-order valence-corrected chi connectivity index (χ3v) is 4.52. The lowest BCUT2D eigenvalue weighted by Gasteiger charge is -2.30. The Labute approximate surface area is 127 Å². The largest absolute Gasteiger partial charge is 0.307 e. The van der Waals surface area contributed by atoms with E-state index < -0.39 is 0 Å². The van der Waals surface area contributed by atoms with Crippen molar-refractivity contribution in [2.24, 2.45) is 11.8 Å². The van der Waals surface area contributed by atoms with Gasteiger partial charge in [0.1, 0.15) is 0 Å². The second kappa shape index (κ2) is 6.56. The molecule has 2 heterocycles. The molecule has 2 atom stereocenters. The SMILES string of the molecule is CC(C)CC1CCCC(NCc2nnc3ccccn23)C1. The molecule has 0 amide bonds. The minimum absolute atomic E-state index is 0.638. The van der Waals surface area contributed by atoms with Gasteiger partial charge in [-0.2, -0.15) is 0 Å². The van der Waals surface area contributed by atoms with Crippen LogP contribution in [0.1, 0.15) is 51.8 Å². The molecule has 0 radical (unpaired) electrons. The lowest BCUT2D eigenvalue weighted by Crippen LogP contribution is -2.34. The highest BCUT2D eigenvalue weighted by atomic mass is 15.3. The van der Waals surface area contributed by atoms with Gasteiger partial charge in [0.15, 0.2) is 11.5 Å². The zero-order chi connectivity index (χ0) is 14.7. The first-order chi connectivity index (χ1) is 10.2. The number of aromatic nitrogens is 3. The summed E-state index contributed by atoms with van der Waals surface area (Å²) in [5.74, 6) is 2.72. The molecule has 2 aromatic heterocycles. The summed E-state index contributed by atoms with van der Waals surface area (Å²) in [6.45, 7) is 5.48. The quantitative estimate of drug-likeness (QED) is 0.915. The van der Waals surface area contributed by atoms with E-state index >= 15 is 0 Å². The molecule has 3 rings (SSSR count). The van der Waals surface area contributed by atoms with Crippen molar-refractivity contribution in [2.45, 2.75) is 58.5 Å². The molecule has 1 aliphatic carbocycles. The first-order valence-corrected chi connectivity index (χ1v) is 8.24. The van der Waals surface area contributed by atoms with Crippen LogP contribution in [0.4, 0.5) is 0 Å². The Hall–Kier alpha value is -1.42. The van der Waals surface area contributed by atoms with Gasteiger partial charge < -0.3 is 5.32 Å². The van der Waals surface area contributed by atoms with E-state index in [0.29, 0.717) is 6.04 Å². The van der Waals surface area contributed by atoms with Crippen LogP contribution in [-0.4, -0.2) is 20.6 Å². The highest BCUT2D eigenvalue weighted by Gasteiger charge is 2.22. The molecule has 1 N–H and O–H groups in total. The number of rotatable bonds is 5. The summed E-state index contributed by atoms with van der Waals surface area (Å²) in [4.78, 5) is 0. The highest BCUT2D eigenvalue weighted by molar-refractivity contribution is 5.36. The zero-order valence-electron chi connectivity index (χ0n) is 13.1. The predicted octanol–water partition coefficient (Wildman–Crippen LogP) is 3.42. The van der Waals surface area contributed by atoms with Crippen molar-refractivity contribution in [3.05, 3.63) is 30.2 Å². The van der Waals surface area contributed by atoms with Gasteiger partial charge in [-0.3, -0.25) is 4.40 Å². The molecule has 114 valence electrons. The number of fused-ring (bicyclic) bond motifs is 1. The van der Waals surface area contributed by atoms with Crippen LogP contribution in [-0.2, 0) is 6.54 Å². The molecule has 2 unspecified atom stereocenters. The number of nitrogens with zero attached hydrogens (tertiary/aromatic N) is 3. The smallest absolute Gasteiger partial charge is 0.160 e. The van der Waals surface area contributed by atoms with Crippen LogP contribution in [0.5, 0.6) is 0 Å². The molecule has 1 aliphatic rings. The first kappa shape index (κ1) is 14.5. The van der Waals surface area contributed by atoms with E-state index in [9.17, 15) is 0 Å². The van der Waals surface area contributed by atoms with Crippen LogP contribution >= 0.6 is 0 Å². The highest BCUT2D eigenvalue weighted by Crippen LogP contribution is 2.29. The van der Waals surface area contributed by atoms with Crippen LogP contribution < -0.4 is 5.32 Å². The summed E-state index contributed by atoms with van der Waals surface area (Å²) in [6, 6.07) is 6.66. The van der Waals surface area contributed by atoms with Crippen LogP contribution in [0, 0.1) is 11.8 Å². The Morgan fingerprint density at radius 1 is 1.29 bits per heavy atom. The third-order valence-electron chi connectivity index (χ3n) is 4.52. The third kappa shape index (κ3) is 3.62. The molecule has 21 heavy (non-hydrogen) atoms. The van der Waals surface area contributed by atoms with E-state index in [0.717, 1.165) is 29.9 Å². The van der Waals surface area contributed by atoms with Gasteiger partial charge in [0, 0.05) is 12.2 Å². The van der Waals surface area contributed by atoms with Gasteiger partial charge in [0.2, 0.25) is 0 Å².